The lowest BCUT2D eigenvalue weighted by Gasteiger charge is -2.14. The predicted octanol–water partition coefficient (Wildman–Crippen LogP) is 2.10. The first kappa shape index (κ1) is 17.9. The highest BCUT2D eigenvalue weighted by Crippen LogP contribution is 2.25. The zero-order valence-electron chi connectivity index (χ0n) is 12.8. The van der Waals surface area contributed by atoms with Crippen molar-refractivity contribution in [2.24, 2.45) is 0 Å². The number of aromatic carboxylic acids is 1. The van der Waals surface area contributed by atoms with E-state index >= 15 is 0 Å². The van der Waals surface area contributed by atoms with Gasteiger partial charge in [0.1, 0.15) is 16.4 Å². The number of nitrogens with zero attached hydrogens (tertiary/aromatic N) is 2. The summed E-state index contributed by atoms with van der Waals surface area (Å²) in [5.41, 5.74) is 0.552. The van der Waals surface area contributed by atoms with Crippen molar-refractivity contribution in [3.63, 3.8) is 0 Å². The highest BCUT2D eigenvalue weighted by atomic mass is 32.2. The minimum Gasteiger partial charge on any atom is -0.478 e. The van der Waals surface area contributed by atoms with Crippen LogP contribution in [0.15, 0.2) is 5.03 Å². The zero-order chi connectivity index (χ0) is 16.0. The number of aliphatic hydroxyl groups excluding tert-OH is 1. The van der Waals surface area contributed by atoms with Crippen LogP contribution >= 0.6 is 11.8 Å². The second kappa shape index (κ2) is 8.31. The maximum absolute atomic E-state index is 11.4. The normalized spacial score (nSPS) is 12.7. The molecule has 6 nitrogen and oxygen atoms in total. The number of rotatable bonds is 8. The number of hydrogen-bond donors (Lipinski definition) is 2. The van der Waals surface area contributed by atoms with Crippen molar-refractivity contribution in [3.8, 4) is 0 Å². The van der Waals surface area contributed by atoms with Crippen LogP contribution in [-0.2, 0) is 4.74 Å². The van der Waals surface area contributed by atoms with Crippen LogP contribution in [0, 0.1) is 6.92 Å². The van der Waals surface area contributed by atoms with Gasteiger partial charge in [0.25, 0.3) is 0 Å². The van der Waals surface area contributed by atoms with E-state index in [2.05, 4.69) is 9.97 Å². The summed E-state index contributed by atoms with van der Waals surface area (Å²) >= 11 is 1.22. The van der Waals surface area contributed by atoms with Gasteiger partial charge in [0.2, 0.25) is 0 Å². The fourth-order valence-corrected chi connectivity index (χ4v) is 2.64. The van der Waals surface area contributed by atoms with Crippen molar-refractivity contribution in [1.82, 2.24) is 9.97 Å². The molecule has 0 bridgehead atoms. The third-order valence-corrected chi connectivity index (χ3v) is 3.85. The average molecular weight is 314 g/mol. The molecule has 7 heteroatoms. The van der Waals surface area contributed by atoms with Crippen LogP contribution in [-0.4, -0.2) is 51.2 Å². The fourth-order valence-electron chi connectivity index (χ4n) is 1.65. The Bertz CT molecular complexity index is 494. The Kier molecular flexibility index (Phi) is 7.07. The minimum absolute atomic E-state index is 0.105. The largest absolute Gasteiger partial charge is 0.478 e. The van der Waals surface area contributed by atoms with Crippen LogP contribution in [0.5, 0.6) is 0 Å². The predicted molar refractivity (Wildman–Crippen MR) is 81.0 cm³/mol. The van der Waals surface area contributed by atoms with Crippen molar-refractivity contribution in [3.05, 3.63) is 17.1 Å². The lowest BCUT2D eigenvalue weighted by Crippen LogP contribution is -2.19. The van der Waals surface area contributed by atoms with E-state index in [1.165, 1.54) is 11.8 Å². The first-order valence-electron chi connectivity index (χ1n) is 6.87. The van der Waals surface area contributed by atoms with Gasteiger partial charge in [-0.3, -0.25) is 0 Å². The number of ether oxygens (including phenoxy) is 1. The van der Waals surface area contributed by atoms with Gasteiger partial charge in [-0.25, -0.2) is 14.8 Å². The monoisotopic (exact) mass is 314 g/mol. The third-order valence-electron chi connectivity index (χ3n) is 2.73. The minimum atomic E-state index is -1.05. The topological polar surface area (TPSA) is 92.5 Å². The molecule has 21 heavy (non-hydrogen) atoms. The van der Waals surface area contributed by atoms with Gasteiger partial charge in [0.05, 0.1) is 18.4 Å². The van der Waals surface area contributed by atoms with Gasteiger partial charge in [0.15, 0.2) is 0 Å². The fraction of sp³-hybridized carbons (Fsp3) is 0.643. The number of carboxylic acid groups (broad SMARTS) is 1. The number of aliphatic hydroxyl groups is 1. The summed E-state index contributed by atoms with van der Waals surface area (Å²) in [5, 5.41) is 19.5. The molecule has 0 aliphatic heterocycles. The highest BCUT2D eigenvalue weighted by molar-refractivity contribution is 7.99. The molecule has 0 saturated heterocycles. The van der Waals surface area contributed by atoms with E-state index in [1.807, 2.05) is 20.8 Å². The Morgan fingerprint density at radius 1 is 1.38 bits per heavy atom. The van der Waals surface area contributed by atoms with Gasteiger partial charge < -0.3 is 14.9 Å². The summed E-state index contributed by atoms with van der Waals surface area (Å²) < 4.78 is 5.13. The van der Waals surface area contributed by atoms with E-state index in [1.54, 1.807) is 6.92 Å². The van der Waals surface area contributed by atoms with Crippen LogP contribution in [0.2, 0.25) is 0 Å². The molecule has 118 valence electrons. The molecule has 2 N–H and O–H groups in total. The van der Waals surface area contributed by atoms with Crippen LogP contribution < -0.4 is 0 Å². The molecule has 0 fully saturated rings. The summed E-state index contributed by atoms with van der Waals surface area (Å²) in [4.78, 5) is 19.9. The molecular weight excluding hydrogens is 292 g/mol. The lowest BCUT2D eigenvalue weighted by atomic mass is 10.2. The third kappa shape index (κ3) is 5.26. The molecule has 1 aromatic heterocycles. The van der Waals surface area contributed by atoms with Gasteiger partial charge in [-0.05, 0) is 13.8 Å². The summed E-state index contributed by atoms with van der Waals surface area (Å²) in [7, 11) is 0. The van der Waals surface area contributed by atoms with E-state index in [4.69, 9.17) is 4.74 Å². The van der Waals surface area contributed by atoms with Crippen molar-refractivity contribution >= 4 is 17.7 Å². The average Bonchev–Trinajstić information content (AvgIpc) is 2.41. The second-order valence-corrected chi connectivity index (χ2v) is 5.94. The van der Waals surface area contributed by atoms with Crippen molar-refractivity contribution in [1.29, 1.82) is 0 Å². The molecule has 0 aliphatic rings. The van der Waals surface area contributed by atoms with Crippen molar-refractivity contribution < 1.29 is 19.7 Å². The Morgan fingerprint density at radius 3 is 2.57 bits per heavy atom. The van der Waals surface area contributed by atoms with Gasteiger partial charge in [-0.1, -0.05) is 13.8 Å². The molecule has 1 heterocycles. The summed E-state index contributed by atoms with van der Waals surface area (Å²) in [6.45, 7) is 8.18. The highest BCUT2D eigenvalue weighted by Gasteiger charge is 2.20. The maximum Gasteiger partial charge on any atom is 0.340 e. The smallest absolute Gasteiger partial charge is 0.340 e. The number of carbonyl (C=O) groups is 1. The molecule has 0 saturated carbocycles. The Hall–Kier alpha value is -1.18. The SMILES string of the molecule is CCOCC(O)CSc1nc(C(C)C)nc(C)c1C(=O)O. The quantitative estimate of drug-likeness (QED) is 0.560. The first-order chi connectivity index (χ1) is 9.86. The number of aromatic nitrogens is 2. The van der Waals surface area contributed by atoms with E-state index in [0.717, 1.165) is 0 Å². The molecule has 0 aromatic carbocycles. The van der Waals surface area contributed by atoms with E-state index in [0.29, 0.717) is 28.9 Å². The Morgan fingerprint density at radius 2 is 2.05 bits per heavy atom. The molecule has 0 spiro atoms. The van der Waals surface area contributed by atoms with E-state index in [-0.39, 0.29) is 18.1 Å². The van der Waals surface area contributed by atoms with Crippen LogP contribution in [0.1, 0.15) is 48.6 Å². The van der Waals surface area contributed by atoms with Crippen molar-refractivity contribution in [2.45, 2.75) is 44.7 Å². The molecule has 0 radical (unpaired) electrons. The van der Waals surface area contributed by atoms with Crippen LogP contribution in [0.4, 0.5) is 0 Å². The number of carboxylic acids is 1. The molecule has 1 aromatic rings. The Balaban J connectivity index is 2.94. The zero-order valence-corrected chi connectivity index (χ0v) is 13.6. The number of aryl methyl sites for hydroxylation is 1. The molecule has 1 rings (SSSR count). The molecule has 1 unspecified atom stereocenters. The Labute approximate surface area is 129 Å². The van der Waals surface area contributed by atoms with Crippen molar-refractivity contribution in [2.75, 3.05) is 19.0 Å². The number of thioether (sulfide) groups is 1. The van der Waals surface area contributed by atoms with E-state index in [9.17, 15) is 15.0 Å². The second-order valence-electron chi connectivity index (χ2n) is 4.93. The van der Waals surface area contributed by atoms with Gasteiger partial charge in [-0.15, -0.1) is 11.8 Å². The van der Waals surface area contributed by atoms with Crippen LogP contribution in [0.25, 0.3) is 0 Å². The van der Waals surface area contributed by atoms with Crippen LogP contribution in [0.3, 0.4) is 0 Å². The summed E-state index contributed by atoms with van der Waals surface area (Å²) in [6, 6.07) is 0. The molecule has 1 atom stereocenters. The van der Waals surface area contributed by atoms with Gasteiger partial charge in [-0.2, -0.15) is 0 Å². The first-order valence-corrected chi connectivity index (χ1v) is 7.85. The molecule has 0 amide bonds. The summed E-state index contributed by atoms with van der Waals surface area (Å²) in [5.74, 6) is -0.00277. The van der Waals surface area contributed by atoms with E-state index < -0.39 is 12.1 Å². The molecular formula is C14H22N2O4S. The number of hydrogen-bond acceptors (Lipinski definition) is 6. The lowest BCUT2D eigenvalue weighted by molar-refractivity contribution is 0.0551. The maximum atomic E-state index is 11.4. The van der Waals surface area contributed by atoms with Gasteiger partial charge in [0, 0.05) is 18.3 Å². The standard InChI is InChI=1S/C14H22N2O4S/c1-5-20-6-10(17)7-21-13-11(14(18)19)9(4)15-12(16-13)8(2)3/h8,10,17H,5-7H2,1-4H3,(H,18,19). The molecule has 0 aliphatic carbocycles. The summed E-state index contributed by atoms with van der Waals surface area (Å²) in [6.07, 6.45) is -0.658. The van der Waals surface area contributed by atoms with Gasteiger partial charge >= 0.3 is 5.97 Å².